The Kier molecular flexibility index (Phi) is 7.56. The first-order chi connectivity index (χ1) is 10.5. The van der Waals surface area contributed by atoms with Gasteiger partial charge >= 0.3 is 0 Å². The maximum Gasteiger partial charge on any atom is 0.251 e. The summed E-state index contributed by atoms with van der Waals surface area (Å²) in [7, 11) is 0. The van der Waals surface area contributed by atoms with E-state index in [2.05, 4.69) is 10.6 Å². The number of aliphatic hydroxyl groups is 2. The van der Waals surface area contributed by atoms with Gasteiger partial charge in [-0.15, -0.1) is 0 Å². The standard InChI is InChI=1S/C16H24N2O4/c1-3-13(9-19)17-15(21)11-5-7-12(8-6-11)16(22)18-14(4-2)10-20/h5-8,13-14,19-20H,3-4,9-10H2,1-2H3,(H,17,21)(H,18,22)/t13-,14+. The number of carbonyl (C=O) groups is 2. The Hall–Kier alpha value is -1.92. The molecule has 0 aliphatic rings. The molecule has 1 aromatic carbocycles. The quantitative estimate of drug-likeness (QED) is 0.568. The molecule has 2 atom stereocenters. The summed E-state index contributed by atoms with van der Waals surface area (Å²) in [6.07, 6.45) is 1.28. The molecule has 0 saturated heterocycles. The number of carbonyl (C=O) groups excluding carboxylic acids is 2. The summed E-state index contributed by atoms with van der Waals surface area (Å²) in [5.74, 6) is -0.565. The molecule has 122 valence electrons. The van der Waals surface area contributed by atoms with Crippen LogP contribution in [0.5, 0.6) is 0 Å². The first-order valence-electron chi connectivity index (χ1n) is 7.49. The van der Waals surface area contributed by atoms with Gasteiger partial charge in [0, 0.05) is 11.1 Å². The van der Waals surface area contributed by atoms with Crippen molar-refractivity contribution in [1.82, 2.24) is 10.6 Å². The Balaban J connectivity index is 2.69. The second kappa shape index (κ2) is 9.17. The fourth-order valence-corrected chi connectivity index (χ4v) is 1.86. The Bertz CT molecular complexity index is 434. The molecular weight excluding hydrogens is 284 g/mol. The van der Waals surface area contributed by atoms with Gasteiger partial charge in [-0.25, -0.2) is 0 Å². The fraction of sp³-hybridized carbons (Fsp3) is 0.500. The molecule has 0 bridgehead atoms. The van der Waals surface area contributed by atoms with Crippen LogP contribution in [0, 0.1) is 0 Å². The van der Waals surface area contributed by atoms with Gasteiger partial charge in [-0.05, 0) is 37.1 Å². The first kappa shape index (κ1) is 18.1. The van der Waals surface area contributed by atoms with Crippen LogP contribution >= 0.6 is 0 Å². The van der Waals surface area contributed by atoms with E-state index in [4.69, 9.17) is 10.2 Å². The zero-order valence-electron chi connectivity index (χ0n) is 13.0. The average Bonchev–Trinajstić information content (AvgIpc) is 2.57. The van der Waals surface area contributed by atoms with Gasteiger partial charge in [-0.3, -0.25) is 9.59 Å². The molecule has 0 unspecified atom stereocenters. The number of nitrogens with one attached hydrogen (secondary N) is 2. The molecule has 1 aromatic rings. The minimum absolute atomic E-state index is 0.109. The van der Waals surface area contributed by atoms with Crippen LogP contribution in [0.1, 0.15) is 47.4 Å². The van der Waals surface area contributed by atoms with Gasteiger partial charge in [0.2, 0.25) is 0 Å². The summed E-state index contributed by atoms with van der Waals surface area (Å²) in [6.45, 7) is 3.53. The number of benzene rings is 1. The maximum absolute atomic E-state index is 12.0. The highest BCUT2D eigenvalue weighted by molar-refractivity contribution is 5.98. The van der Waals surface area contributed by atoms with Crippen LogP contribution in [0.3, 0.4) is 0 Å². The first-order valence-corrected chi connectivity index (χ1v) is 7.49. The van der Waals surface area contributed by atoms with E-state index in [0.717, 1.165) is 0 Å². The third-order valence-corrected chi connectivity index (χ3v) is 3.51. The van der Waals surface area contributed by atoms with Crippen molar-refractivity contribution in [3.05, 3.63) is 35.4 Å². The third-order valence-electron chi connectivity index (χ3n) is 3.51. The highest BCUT2D eigenvalue weighted by Gasteiger charge is 2.14. The van der Waals surface area contributed by atoms with E-state index in [1.807, 2.05) is 13.8 Å². The van der Waals surface area contributed by atoms with Gasteiger partial charge in [0.15, 0.2) is 0 Å². The van der Waals surface area contributed by atoms with Crippen LogP contribution in [0.2, 0.25) is 0 Å². The molecule has 0 fully saturated rings. The lowest BCUT2D eigenvalue weighted by atomic mass is 10.1. The van der Waals surface area contributed by atoms with Gasteiger partial charge in [0.05, 0.1) is 25.3 Å². The fourth-order valence-electron chi connectivity index (χ4n) is 1.86. The predicted octanol–water partition coefficient (Wildman–Crippen LogP) is 0.688. The van der Waals surface area contributed by atoms with Crippen LogP contribution in [0.15, 0.2) is 24.3 Å². The molecule has 6 nitrogen and oxygen atoms in total. The Labute approximate surface area is 130 Å². The number of hydrogen-bond acceptors (Lipinski definition) is 4. The lowest BCUT2D eigenvalue weighted by Gasteiger charge is -2.15. The topological polar surface area (TPSA) is 98.7 Å². The van der Waals surface area contributed by atoms with Gasteiger partial charge in [-0.1, -0.05) is 13.8 Å². The van der Waals surface area contributed by atoms with Crippen molar-refractivity contribution in [3.63, 3.8) is 0 Å². The molecule has 2 amide bonds. The van der Waals surface area contributed by atoms with Crippen molar-refractivity contribution >= 4 is 11.8 Å². The van der Waals surface area contributed by atoms with Crippen molar-refractivity contribution in [2.45, 2.75) is 38.8 Å². The number of aliphatic hydroxyl groups excluding tert-OH is 2. The van der Waals surface area contributed by atoms with Crippen molar-refractivity contribution in [3.8, 4) is 0 Å². The van der Waals surface area contributed by atoms with Gasteiger partial charge < -0.3 is 20.8 Å². The smallest absolute Gasteiger partial charge is 0.251 e. The summed E-state index contributed by atoms with van der Waals surface area (Å²) in [6, 6.07) is 5.71. The summed E-state index contributed by atoms with van der Waals surface area (Å²) < 4.78 is 0. The van der Waals surface area contributed by atoms with Crippen LogP contribution in [-0.4, -0.2) is 47.3 Å². The number of rotatable bonds is 8. The second-order valence-corrected chi connectivity index (χ2v) is 5.10. The molecule has 0 heterocycles. The minimum Gasteiger partial charge on any atom is -0.394 e. The molecule has 4 N–H and O–H groups in total. The summed E-state index contributed by atoms with van der Waals surface area (Å²) >= 11 is 0. The molecule has 22 heavy (non-hydrogen) atoms. The van der Waals surface area contributed by atoms with Crippen LogP contribution in [0.4, 0.5) is 0 Å². The molecule has 0 saturated carbocycles. The van der Waals surface area contributed by atoms with E-state index in [1.165, 1.54) is 0 Å². The van der Waals surface area contributed by atoms with Crippen LogP contribution in [-0.2, 0) is 0 Å². The zero-order valence-corrected chi connectivity index (χ0v) is 13.0. The normalized spacial score (nSPS) is 13.3. The third kappa shape index (κ3) is 5.13. The van der Waals surface area contributed by atoms with E-state index in [9.17, 15) is 9.59 Å². The maximum atomic E-state index is 12.0. The van der Waals surface area contributed by atoms with Gasteiger partial charge in [0.25, 0.3) is 11.8 Å². The molecule has 0 radical (unpaired) electrons. The van der Waals surface area contributed by atoms with Crippen LogP contribution < -0.4 is 10.6 Å². The molecule has 0 aliphatic heterocycles. The molecule has 6 heteroatoms. The van der Waals surface area contributed by atoms with Crippen LogP contribution in [0.25, 0.3) is 0 Å². The van der Waals surface area contributed by atoms with E-state index >= 15 is 0 Å². The van der Waals surface area contributed by atoms with E-state index in [0.29, 0.717) is 24.0 Å². The summed E-state index contributed by atoms with van der Waals surface area (Å²) in [4.78, 5) is 23.9. The molecule has 0 aromatic heterocycles. The largest absolute Gasteiger partial charge is 0.394 e. The van der Waals surface area contributed by atoms with E-state index in [-0.39, 0.29) is 37.1 Å². The molecule has 0 aliphatic carbocycles. The second-order valence-electron chi connectivity index (χ2n) is 5.10. The Morgan fingerprint density at radius 3 is 1.41 bits per heavy atom. The molecule has 0 spiro atoms. The lowest BCUT2D eigenvalue weighted by molar-refractivity contribution is 0.0904. The highest BCUT2D eigenvalue weighted by atomic mass is 16.3. The van der Waals surface area contributed by atoms with Crippen molar-refractivity contribution in [1.29, 1.82) is 0 Å². The number of hydrogen-bond donors (Lipinski definition) is 4. The van der Waals surface area contributed by atoms with Gasteiger partial charge in [-0.2, -0.15) is 0 Å². The lowest BCUT2D eigenvalue weighted by Crippen LogP contribution is -2.37. The van der Waals surface area contributed by atoms with Crippen molar-refractivity contribution in [2.75, 3.05) is 13.2 Å². The van der Waals surface area contributed by atoms with Crippen molar-refractivity contribution in [2.24, 2.45) is 0 Å². The monoisotopic (exact) mass is 308 g/mol. The Morgan fingerprint density at radius 2 is 1.18 bits per heavy atom. The van der Waals surface area contributed by atoms with E-state index < -0.39 is 0 Å². The molecule has 1 rings (SSSR count). The summed E-state index contributed by atoms with van der Waals surface area (Å²) in [5, 5.41) is 23.6. The summed E-state index contributed by atoms with van der Waals surface area (Å²) in [5.41, 5.74) is 0.857. The SMILES string of the molecule is CC[C@H](CO)NC(=O)c1ccc(C(=O)N[C@@H](CC)CO)cc1. The van der Waals surface area contributed by atoms with E-state index in [1.54, 1.807) is 24.3 Å². The molecular formula is C16H24N2O4. The highest BCUT2D eigenvalue weighted by Crippen LogP contribution is 2.06. The Morgan fingerprint density at radius 1 is 0.864 bits per heavy atom. The van der Waals surface area contributed by atoms with Gasteiger partial charge in [0.1, 0.15) is 0 Å². The number of amides is 2. The van der Waals surface area contributed by atoms with Crippen molar-refractivity contribution < 1.29 is 19.8 Å². The predicted molar refractivity (Wildman–Crippen MR) is 83.7 cm³/mol. The zero-order chi connectivity index (χ0) is 16.5. The average molecular weight is 308 g/mol. The minimum atomic E-state index is -0.283.